The van der Waals surface area contributed by atoms with Crippen LogP contribution in [0.1, 0.15) is 10.4 Å². The fourth-order valence-electron chi connectivity index (χ4n) is 3.06. The predicted molar refractivity (Wildman–Crippen MR) is 126 cm³/mol. The molecule has 0 bridgehead atoms. The van der Waals surface area contributed by atoms with Crippen LogP contribution in [0.25, 0.3) is 11.4 Å². The standard InChI is InChI=1S/C24H20N4O4S/c1-32-19-11-13-20(14-12-19)33(30,31)28-22-10-6-5-9-21(22)24(29)27-18-15-25-23(26-16-18)17-7-3-2-4-8-17/h2-16,28H,1H3,(H,27,29). The van der Waals surface area contributed by atoms with Gasteiger partial charge in [0.25, 0.3) is 15.9 Å². The van der Waals surface area contributed by atoms with Crippen LogP contribution in [0.5, 0.6) is 5.75 Å². The maximum Gasteiger partial charge on any atom is 0.261 e. The summed E-state index contributed by atoms with van der Waals surface area (Å²) < 4.78 is 33.1. The van der Waals surface area contributed by atoms with E-state index in [1.54, 1.807) is 24.3 Å². The van der Waals surface area contributed by atoms with Crippen molar-refractivity contribution in [3.05, 3.63) is 96.8 Å². The van der Waals surface area contributed by atoms with Crippen molar-refractivity contribution in [2.45, 2.75) is 4.90 Å². The summed E-state index contributed by atoms with van der Waals surface area (Å²) in [4.78, 5) is 21.5. The molecule has 1 aromatic heterocycles. The lowest BCUT2D eigenvalue weighted by atomic mass is 10.1. The fourth-order valence-corrected chi connectivity index (χ4v) is 4.14. The molecule has 166 valence electrons. The zero-order valence-corrected chi connectivity index (χ0v) is 18.4. The van der Waals surface area contributed by atoms with E-state index in [1.165, 1.54) is 43.8 Å². The molecule has 1 amide bonds. The molecule has 1 heterocycles. The highest BCUT2D eigenvalue weighted by atomic mass is 32.2. The molecule has 4 aromatic rings. The van der Waals surface area contributed by atoms with Gasteiger partial charge in [0, 0.05) is 5.56 Å². The Morgan fingerprint density at radius 1 is 0.848 bits per heavy atom. The number of carbonyl (C=O) groups excluding carboxylic acids is 1. The van der Waals surface area contributed by atoms with Gasteiger partial charge in [0.15, 0.2) is 5.82 Å². The number of carbonyl (C=O) groups is 1. The van der Waals surface area contributed by atoms with Crippen molar-refractivity contribution in [2.75, 3.05) is 17.1 Å². The first-order valence-corrected chi connectivity index (χ1v) is 11.4. The molecule has 0 atom stereocenters. The minimum atomic E-state index is -3.91. The molecule has 0 saturated heterocycles. The van der Waals surface area contributed by atoms with Crippen LogP contribution < -0.4 is 14.8 Å². The van der Waals surface area contributed by atoms with Gasteiger partial charge in [-0.15, -0.1) is 0 Å². The van der Waals surface area contributed by atoms with Gasteiger partial charge in [-0.05, 0) is 36.4 Å². The van der Waals surface area contributed by atoms with Crippen molar-refractivity contribution in [2.24, 2.45) is 0 Å². The Morgan fingerprint density at radius 3 is 2.15 bits per heavy atom. The molecular formula is C24H20N4O4S. The number of methoxy groups -OCH3 is 1. The molecule has 0 aliphatic carbocycles. The van der Waals surface area contributed by atoms with Gasteiger partial charge in [0.05, 0.1) is 41.3 Å². The molecule has 0 aliphatic rings. The molecule has 0 spiro atoms. The second-order valence-corrected chi connectivity index (χ2v) is 8.62. The first kappa shape index (κ1) is 22.0. The molecule has 0 saturated carbocycles. The molecule has 9 heteroatoms. The van der Waals surface area contributed by atoms with E-state index in [0.717, 1.165) is 5.56 Å². The molecule has 0 fully saturated rings. The summed E-state index contributed by atoms with van der Waals surface area (Å²) in [6.07, 6.45) is 2.99. The molecule has 33 heavy (non-hydrogen) atoms. The lowest BCUT2D eigenvalue weighted by molar-refractivity contribution is 0.102. The van der Waals surface area contributed by atoms with Crippen LogP contribution in [0.15, 0.2) is 96.2 Å². The van der Waals surface area contributed by atoms with E-state index in [2.05, 4.69) is 20.0 Å². The van der Waals surface area contributed by atoms with Crippen molar-refractivity contribution in [3.8, 4) is 17.1 Å². The molecule has 4 rings (SSSR count). The topological polar surface area (TPSA) is 110 Å². The van der Waals surface area contributed by atoms with E-state index < -0.39 is 15.9 Å². The van der Waals surface area contributed by atoms with E-state index in [0.29, 0.717) is 17.3 Å². The fraction of sp³-hybridized carbons (Fsp3) is 0.0417. The van der Waals surface area contributed by atoms with E-state index in [9.17, 15) is 13.2 Å². The molecule has 2 N–H and O–H groups in total. The van der Waals surface area contributed by atoms with Gasteiger partial charge < -0.3 is 10.1 Å². The van der Waals surface area contributed by atoms with Crippen LogP contribution in [-0.2, 0) is 10.0 Å². The number of nitrogens with zero attached hydrogens (tertiary/aromatic N) is 2. The molecule has 3 aromatic carbocycles. The van der Waals surface area contributed by atoms with E-state index >= 15 is 0 Å². The van der Waals surface area contributed by atoms with Crippen molar-refractivity contribution in [3.63, 3.8) is 0 Å². The van der Waals surface area contributed by atoms with Gasteiger partial charge in [0.1, 0.15) is 5.75 Å². The lowest BCUT2D eigenvalue weighted by Gasteiger charge is -2.13. The Balaban J connectivity index is 1.52. The Bertz CT molecular complexity index is 1360. The monoisotopic (exact) mass is 460 g/mol. The van der Waals surface area contributed by atoms with Crippen molar-refractivity contribution >= 4 is 27.3 Å². The molecule has 0 aliphatic heterocycles. The lowest BCUT2D eigenvalue weighted by Crippen LogP contribution is -2.18. The van der Waals surface area contributed by atoms with E-state index in [4.69, 9.17) is 4.74 Å². The second-order valence-electron chi connectivity index (χ2n) is 6.94. The van der Waals surface area contributed by atoms with Crippen LogP contribution >= 0.6 is 0 Å². The number of sulfonamides is 1. The van der Waals surface area contributed by atoms with Crippen molar-refractivity contribution in [1.82, 2.24) is 9.97 Å². The highest BCUT2D eigenvalue weighted by Gasteiger charge is 2.19. The zero-order valence-electron chi connectivity index (χ0n) is 17.6. The Hall–Kier alpha value is -4.24. The van der Waals surface area contributed by atoms with Gasteiger partial charge in [-0.3, -0.25) is 9.52 Å². The number of ether oxygens (including phenoxy) is 1. The highest BCUT2D eigenvalue weighted by Crippen LogP contribution is 2.23. The second kappa shape index (κ2) is 9.49. The molecule has 0 radical (unpaired) electrons. The first-order valence-electron chi connectivity index (χ1n) is 9.91. The number of anilines is 2. The summed E-state index contributed by atoms with van der Waals surface area (Å²) in [6, 6.07) is 21.7. The third-order valence-corrected chi connectivity index (χ3v) is 6.11. The number of hydrogen-bond acceptors (Lipinski definition) is 6. The molecule has 0 unspecified atom stereocenters. The highest BCUT2D eigenvalue weighted by molar-refractivity contribution is 7.92. The minimum absolute atomic E-state index is 0.0448. The maximum absolute atomic E-state index is 12.9. The Labute approximate surface area is 191 Å². The summed E-state index contributed by atoms with van der Waals surface area (Å²) in [5, 5.41) is 2.70. The van der Waals surface area contributed by atoms with Gasteiger partial charge in [-0.2, -0.15) is 0 Å². The SMILES string of the molecule is COc1ccc(S(=O)(=O)Nc2ccccc2C(=O)Nc2cnc(-c3ccccc3)nc2)cc1. The summed E-state index contributed by atoms with van der Waals surface area (Å²) in [6.45, 7) is 0. The normalized spacial score (nSPS) is 10.9. The largest absolute Gasteiger partial charge is 0.497 e. The maximum atomic E-state index is 12.9. The van der Waals surface area contributed by atoms with Crippen molar-refractivity contribution in [1.29, 1.82) is 0 Å². The van der Waals surface area contributed by atoms with Gasteiger partial charge in [0.2, 0.25) is 0 Å². The third kappa shape index (κ3) is 5.16. The minimum Gasteiger partial charge on any atom is -0.497 e. The van der Waals surface area contributed by atoms with Crippen LogP contribution in [0, 0.1) is 0 Å². The third-order valence-electron chi connectivity index (χ3n) is 4.73. The Kier molecular flexibility index (Phi) is 6.32. The average Bonchev–Trinajstić information content (AvgIpc) is 2.85. The zero-order chi connectivity index (χ0) is 23.3. The molecular weight excluding hydrogens is 440 g/mol. The quantitative estimate of drug-likeness (QED) is 0.428. The summed E-state index contributed by atoms with van der Waals surface area (Å²) in [7, 11) is -2.42. The predicted octanol–water partition coefficient (Wildman–Crippen LogP) is 4.21. The van der Waals surface area contributed by atoms with Gasteiger partial charge >= 0.3 is 0 Å². The Morgan fingerprint density at radius 2 is 1.48 bits per heavy atom. The number of para-hydroxylation sites is 1. The van der Waals surface area contributed by atoms with Gasteiger partial charge in [-0.1, -0.05) is 42.5 Å². The number of rotatable bonds is 7. The smallest absolute Gasteiger partial charge is 0.261 e. The number of benzene rings is 3. The van der Waals surface area contributed by atoms with E-state index in [1.807, 2.05) is 30.3 Å². The van der Waals surface area contributed by atoms with Gasteiger partial charge in [-0.25, -0.2) is 18.4 Å². The first-order chi connectivity index (χ1) is 16.0. The average molecular weight is 461 g/mol. The van der Waals surface area contributed by atoms with E-state index in [-0.39, 0.29) is 16.1 Å². The van der Waals surface area contributed by atoms with Crippen LogP contribution in [0.3, 0.4) is 0 Å². The van der Waals surface area contributed by atoms with Crippen LogP contribution in [0.2, 0.25) is 0 Å². The van der Waals surface area contributed by atoms with Crippen molar-refractivity contribution < 1.29 is 17.9 Å². The number of aromatic nitrogens is 2. The van der Waals surface area contributed by atoms with Crippen LogP contribution in [-0.4, -0.2) is 31.4 Å². The summed E-state index contributed by atoms with van der Waals surface area (Å²) in [5.74, 6) is 0.564. The number of nitrogens with one attached hydrogen (secondary N) is 2. The summed E-state index contributed by atoms with van der Waals surface area (Å²) >= 11 is 0. The number of hydrogen-bond donors (Lipinski definition) is 2. The number of amides is 1. The van der Waals surface area contributed by atoms with Crippen LogP contribution in [0.4, 0.5) is 11.4 Å². The molecule has 8 nitrogen and oxygen atoms in total. The summed E-state index contributed by atoms with van der Waals surface area (Å²) in [5.41, 5.74) is 1.54.